The minimum absolute atomic E-state index is 0.551. The number of aromatic nitrogens is 2. The third-order valence-corrected chi connectivity index (χ3v) is 1.47. The molecule has 0 fully saturated rings. The Balaban J connectivity index is 3.09. The number of nitrogens with zero attached hydrogens (tertiary/aromatic N) is 2. The van der Waals surface area contributed by atoms with Gasteiger partial charge in [0.15, 0.2) is 4.73 Å². The second-order valence-electron chi connectivity index (χ2n) is 1.83. The molecule has 0 amide bonds. The number of ether oxygens (including phenoxy) is 1. The molecule has 1 rings (SSSR count). The Morgan fingerprint density at radius 1 is 1.60 bits per heavy atom. The molecule has 0 unspecified atom stereocenters. The van der Waals surface area contributed by atoms with Crippen molar-refractivity contribution in [2.45, 2.75) is 6.92 Å². The zero-order valence-corrected chi connectivity index (χ0v) is 7.34. The maximum absolute atomic E-state index is 4.94. The fourth-order valence-corrected chi connectivity index (χ4v) is 0.876. The van der Waals surface area contributed by atoms with Crippen molar-refractivity contribution in [1.82, 2.24) is 9.97 Å². The van der Waals surface area contributed by atoms with Gasteiger partial charge in [-0.15, -0.1) is 0 Å². The Hall–Kier alpha value is -0.640. The van der Waals surface area contributed by atoms with E-state index in [0.29, 0.717) is 10.6 Å². The molecule has 0 bridgehead atoms. The fourth-order valence-electron chi connectivity index (χ4n) is 0.613. The van der Waals surface area contributed by atoms with Crippen LogP contribution in [0, 0.1) is 6.92 Å². The Bertz CT molecular complexity index is 239. The first-order valence-electron chi connectivity index (χ1n) is 2.77. The van der Waals surface area contributed by atoms with Crippen LogP contribution < -0.4 is 4.74 Å². The van der Waals surface area contributed by atoms with Crippen molar-refractivity contribution in [1.29, 1.82) is 0 Å². The molecule has 1 aromatic heterocycles. The van der Waals surface area contributed by atoms with Crippen molar-refractivity contribution in [3.8, 4) is 5.88 Å². The molecule has 0 N–H and O–H groups in total. The Labute approximate surface area is 67.6 Å². The van der Waals surface area contributed by atoms with Crippen LogP contribution in [0.2, 0.25) is 0 Å². The van der Waals surface area contributed by atoms with E-state index in [-0.39, 0.29) is 0 Å². The van der Waals surface area contributed by atoms with E-state index >= 15 is 0 Å². The number of hydrogen-bond donors (Lipinski definition) is 0. The summed E-state index contributed by atoms with van der Waals surface area (Å²) in [6.45, 7) is 1.89. The molecule has 0 aromatic carbocycles. The number of rotatable bonds is 1. The van der Waals surface area contributed by atoms with Crippen LogP contribution in [0.25, 0.3) is 0 Å². The van der Waals surface area contributed by atoms with E-state index in [4.69, 9.17) is 4.74 Å². The van der Waals surface area contributed by atoms with E-state index in [1.54, 1.807) is 13.3 Å². The van der Waals surface area contributed by atoms with Crippen LogP contribution in [-0.4, -0.2) is 17.1 Å². The van der Waals surface area contributed by atoms with E-state index in [9.17, 15) is 0 Å². The Kier molecular flexibility index (Phi) is 2.21. The molecule has 1 heterocycles. The molecule has 0 saturated heterocycles. The van der Waals surface area contributed by atoms with Gasteiger partial charge in [-0.05, 0) is 22.9 Å². The third-order valence-electron chi connectivity index (χ3n) is 1.09. The average molecular weight is 203 g/mol. The number of hydrogen-bond acceptors (Lipinski definition) is 3. The smallest absolute Gasteiger partial charge is 0.220 e. The largest absolute Gasteiger partial charge is 0.481 e. The summed E-state index contributed by atoms with van der Waals surface area (Å²) in [6, 6.07) is 0. The monoisotopic (exact) mass is 202 g/mol. The van der Waals surface area contributed by atoms with Gasteiger partial charge in [-0.1, -0.05) is 0 Å². The van der Waals surface area contributed by atoms with Crippen LogP contribution in [0.4, 0.5) is 0 Å². The highest BCUT2D eigenvalue weighted by molar-refractivity contribution is 9.10. The Morgan fingerprint density at radius 2 is 2.30 bits per heavy atom. The molecule has 0 aliphatic rings. The standard InChI is InChI=1S/C6H7BrN2O/c1-4-3-8-6(7)9-5(4)10-2/h3H,1-2H3. The summed E-state index contributed by atoms with van der Waals surface area (Å²) >= 11 is 3.13. The quantitative estimate of drug-likeness (QED) is 0.649. The second-order valence-corrected chi connectivity index (χ2v) is 2.54. The van der Waals surface area contributed by atoms with Gasteiger partial charge in [-0.2, -0.15) is 4.98 Å². The van der Waals surface area contributed by atoms with Gasteiger partial charge < -0.3 is 4.74 Å². The highest BCUT2D eigenvalue weighted by atomic mass is 79.9. The molecule has 10 heavy (non-hydrogen) atoms. The first-order chi connectivity index (χ1) is 4.74. The van der Waals surface area contributed by atoms with Gasteiger partial charge in [0.05, 0.1) is 7.11 Å². The topological polar surface area (TPSA) is 35.0 Å². The second kappa shape index (κ2) is 2.96. The molecule has 0 spiro atoms. The average Bonchev–Trinajstić information content (AvgIpc) is 1.94. The summed E-state index contributed by atoms with van der Waals surface area (Å²) < 4.78 is 5.50. The van der Waals surface area contributed by atoms with Gasteiger partial charge in [0.1, 0.15) is 0 Å². The molecule has 0 atom stereocenters. The van der Waals surface area contributed by atoms with Crippen LogP contribution in [0.15, 0.2) is 10.9 Å². The summed E-state index contributed by atoms with van der Waals surface area (Å²) in [5.74, 6) is 0.613. The first-order valence-corrected chi connectivity index (χ1v) is 3.56. The highest BCUT2D eigenvalue weighted by Crippen LogP contribution is 2.14. The maximum atomic E-state index is 4.94. The predicted molar refractivity (Wildman–Crippen MR) is 41.0 cm³/mol. The van der Waals surface area contributed by atoms with E-state index < -0.39 is 0 Å². The van der Waals surface area contributed by atoms with Crippen LogP contribution in [-0.2, 0) is 0 Å². The fraction of sp³-hybridized carbons (Fsp3) is 0.333. The molecule has 0 saturated carbocycles. The van der Waals surface area contributed by atoms with Gasteiger partial charge in [-0.25, -0.2) is 4.98 Å². The predicted octanol–water partition coefficient (Wildman–Crippen LogP) is 1.56. The summed E-state index contributed by atoms with van der Waals surface area (Å²) in [7, 11) is 1.59. The van der Waals surface area contributed by atoms with Gasteiger partial charge in [0, 0.05) is 11.8 Å². The lowest BCUT2D eigenvalue weighted by molar-refractivity contribution is 0.392. The zero-order valence-electron chi connectivity index (χ0n) is 5.76. The third kappa shape index (κ3) is 1.44. The lowest BCUT2D eigenvalue weighted by Gasteiger charge is -2.00. The molecule has 4 heteroatoms. The molecule has 3 nitrogen and oxygen atoms in total. The molecular weight excluding hydrogens is 196 g/mol. The summed E-state index contributed by atoms with van der Waals surface area (Å²) in [5, 5.41) is 0. The van der Waals surface area contributed by atoms with Gasteiger partial charge in [0.25, 0.3) is 0 Å². The normalized spacial score (nSPS) is 9.50. The maximum Gasteiger partial charge on any atom is 0.220 e. The highest BCUT2D eigenvalue weighted by Gasteiger charge is 1.99. The van der Waals surface area contributed by atoms with Crippen molar-refractivity contribution in [2.75, 3.05) is 7.11 Å². The molecule has 54 valence electrons. The molecule has 0 aliphatic heterocycles. The van der Waals surface area contributed by atoms with E-state index in [1.165, 1.54) is 0 Å². The van der Waals surface area contributed by atoms with E-state index in [1.807, 2.05) is 6.92 Å². The lowest BCUT2D eigenvalue weighted by Crippen LogP contribution is -1.92. The summed E-state index contributed by atoms with van der Waals surface area (Å²) in [4.78, 5) is 7.89. The van der Waals surface area contributed by atoms with Crippen molar-refractivity contribution in [3.05, 3.63) is 16.5 Å². The van der Waals surface area contributed by atoms with Crippen molar-refractivity contribution in [2.24, 2.45) is 0 Å². The minimum Gasteiger partial charge on any atom is -0.481 e. The van der Waals surface area contributed by atoms with Crippen LogP contribution in [0.1, 0.15) is 5.56 Å². The molecule has 0 aliphatic carbocycles. The SMILES string of the molecule is COc1nc(Br)ncc1C. The van der Waals surface area contributed by atoms with Crippen molar-refractivity contribution >= 4 is 15.9 Å². The van der Waals surface area contributed by atoms with Gasteiger partial charge in [0.2, 0.25) is 5.88 Å². The van der Waals surface area contributed by atoms with Gasteiger partial charge in [-0.3, -0.25) is 0 Å². The van der Waals surface area contributed by atoms with Crippen molar-refractivity contribution < 1.29 is 4.74 Å². The number of methoxy groups -OCH3 is 1. The number of aryl methyl sites for hydroxylation is 1. The van der Waals surface area contributed by atoms with E-state index in [2.05, 4.69) is 25.9 Å². The minimum atomic E-state index is 0.551. The van der Waals surface area contributed by atoms with Gasteiger partial charge >= 0.3 is 0 Å². The summed E-state index contributed by atoms with van der Waals surface area (Å²) in [6.07, 6.45) is 1.70. The van der Waals surface area contributed by atoms with Crippen LogP contribution >= 0.6 is 15.9 Å². The van der Waals surface area contributed by atoms with Crippen molar-refractivity contribution in [3.63, 3.8) is 0 Å². The molecule has 0 radical (unpaired) electrons. The molecular formula is C6H7BrN2O. The van der Waals surface area contributed by atoms with E-state index in [0.717, 1.165) is 5.56 Å². The van der Waals surface area contributed by atoms with Crippen LogP contribution in [0.3, 0.4) is 0 Å². The number of halogens is 1. The Morgan fingerprint density at radius 3 is 2.80 bits per heavy atom. The lowest BCUT2D eigenvalue weighted by atomic mass is 10.4. The first kappa shape index (κ1) is 7.47. The zero-order chi connectivity index (χ0) is 7.56. The molecule has 1 aromatic rings. The van der Waals surface area contributed by atoms with Crippen LogP contribution in [0.5, 0.6) is 5.88 Å². The summed E-state index contributed by atoms with van der Waals surface area (Å²) in [5.41, 5.74) is 0.936.